The van der Waals surface area contributed by atoms with E-state index < -0.39 is 18.5 Å². The third-order valence-electron chi connectivity index (χ3n) is 0. The average molecular weight is 326 g/mol. The van der Waals surface area contributed by atoms with Crippen molar-refractivity contribution in [3.05, 3.63) is 0 Å². The van der Waals surface area contributed by atoms with Crippen LogP contribution in [0.15, 0.2) is 0 Å². The molecule has 13 heavy (non-hydrogen) atoms. The molecule has 0 radical (unpaired) electrons. The second kappa shape index (κ2) is 17.3. The number of carbonyl (C=O) groups is 3. The SMILES string of the molecule is O=C(O)O.O=C(O)O.O=C(O)O.[Ce]. The minimum atomic E-state index is -1.83. The minimum absolute atomic E-state index is 0. The third-order valence-corrected chi connectivity index (χ3v) is 0. The zero-order valence-electron chi connectivity index (χ0n) is 5.91. The van der Waals surface area contributed by atoms with E-state index in [2.05, 4.69) is 0 Å². The molecule has 0 saturated heterocycles. The standard InChI is InChI=1S/3CH2O3.Ce/c3*2-1(3)4;/h3*(H2,2,3,4);. The first-order chi connectivity index (χ1) is 5.20. The molecule has 0 rings (SSSR count). The summed E-state index contributed by atoms with van der Waals surface area (Å²) >= 11 is 0. The van der Waals surface area contributed by atoms with Crippen LogP contribution in [0.5, 0.6) is 0 Å². The smallest absolute Gasteiger partial charge is 0.450 e. The largest absolute Gasteiger partial charge is 0.503 e. The van der Waals surface area contributed by atoms with Crippen LogP contribution in [0.1, 0.15) is 0 Å². The Bertz CT molecular complexity index is 112. The Morgan fingerprint density at radius 2 is 0.538 bits per heavy atom. The van der Waals surface area contributed by atoms with Crippen molar-refractivity contribution in [3.63, 3.8) is 0 Å². The van der Waals surface area contributed by atoms with Gasteiger partial charge >= 0.3 is 18.5 Å². The summed E-state index contributed by atoms with van der Waals surface area (Å²) in [6, 6.07) is 0. The Hall–Kier alpha value is -0.813. The molecule has 0 spiro atoms. The van der Waals surface area contributed by atoms with Crippen molar-refractivity contribution >= 4 is 18.5 Å². The fraction of sp³-hybridized carbons (Fsp3) is 0. The van der Waals surface area contributed by atoms with Crippen LogP contribution in [0, 0.1) is 41.7 Å². The van der Waals surface area contributed by atoms with E-state index in [0.29, 0.717) is 0 Å². The Balaban J connectivity index is -0.0000000450. The number of rotatable bonds is 0. The average Bonchev–Trinajstić information content (AvgIpc) is 1.54. The van der Waals surface area contributed by atoms with Crippen LogP contribution in [-0.4, -0.2) is 49.1 Å². The van der Waals surface area contributed by atoms with Crippen molar-refractivity contribution in [1.82, 2.24) is 0 Å². The molecule has 0 aromatic heterocycles. The van der Waals surface area contributed by atoms with Gasteiger partial charge in [0.25, 0.3) is 0 Å². The number of hydrogen-bond acceptors (Lipinski definition) is 3. The van der Waals surface area contributed by atoms with Crippen molar-refractivity contribution in [2.24, 2.45) is 0 Å². The molecule has 0 aromatic rings. The summed E-state index contributed by atoms with van der Waals surface area (Å²) in [5, 5.41) is 41.8. The Morgan fingerprint density at radius 3 is 0.538 bits per heavy atom. The first-order valence-electron chi connectivity index (χ1n) is 1.95. The molecule has 0 atom stereocenters. The zero-order valence-corrected chi connectivity index (χ0v) is 9.05. The van der Waals surface area contributed by atoms with E-state index in [1.54, 1.807) is 0 Å². The normalized spacial score (nSPS) is 5.54. The fourth-order valence-electron chi connectivity index (χ4n) is 0. The van der Waals surface area contributed by atoms with Gasteiger partial charge in [-0.1, -0.05) is 0 Å². The van der Waals surface area contributed by atoms with Gasteiger partial charge in [-0.3, -0.25) is 0 Å². The molecule has 0 bridgehead atoms. The number of hydrogen-bond donors (Lipinski definition) is 6. The Kier molecular flexibility index (Phi) is 30.3. The Labute approximate surface area is 105 Å². The molecule has 76 valence electrons. The summed E-state index contributed by atoms with van der Waals surface area (Å²) in [6.07, 6.45) is -5.50. The van der Waals surface area contributed by atoms with Crippen LogP contribution < -0.4 is 0 Å². The predicted octanol–water partition coefficient (Wildman–Crippen LogP) is 0.667. The van der Waals surface area contributed by atoms with Gasteiger partial charge in [-0.2, -0.15) is 0 Å². The maximum absolute atomic E-state index is 8.56. The van der Waals surface area contributed by atoms with Crippen LogP contribution >= 0.6 is 0 Å². The van der Waals surface area contributed by atoms with Crippen LogP contribution in [0.4, 0.5) is 14.4 Å². The summed E-state index contributed by atoms with van der Waals surface area (Å²) in [6.45, 7) is 0. The molecular formula is C3H6CeO9. The summed E-state index contributed by atoms with van der Waals surface area (Å²) < 4.78 is 0. The summed E-state index contributed by atoms with van der Waals surface area (Å²) in [4.78, 5) is 25.7. The van der Waals surface area contributed by atoms with Crippen LogP contribution in [0.25, 0.3) is 0 Å². The Morgan fingerprint density at radius 1 is 0.538 bits per heavy atom. The van der Waals surface area contributed by atoms with Crippen molar-refractivity contribution in [1.29, 1.82) is 0 Å². The maximum Gasteiger partial charge on any atom is 0.503 e. The van der Waals surface area contributed by atoms with Gasteiger partial charge < -0.3 is 30.6 Å². The molecule has 0 saturated carbocycles. The quantitative estimate of drug-likeness (QED) is 0.374. The van der Waals surface area contributed by atoms with Crippen molar-refractivity contribution < 1.29 is 86.8 Å². The minimum Gasteiger partial charge on any atom is -0.450 e. The van der Waals surface area contributed by atoms with E-state index in [1.807, 2.05) is 0 Å². The fourth-order valence-corrected chi connectivity index (χ4v) is 0. The van der Waals surface area contributed by atoms with Gasteiger partial charge in [0.15, 0.2) is 0 Å². The van der Waals surface area contributed by atoms with Gasteiger partial charge in [0.05, 0.1) is 0 Å². The van der Waals surface area contributed by atoms with Crippen LogP contribution in [0.2, 0.25) is 0 Å². The first kappa shape index (κ1) is 22.8. The monoisotopic (exact) mass is 326 g/mol. The van der Waals surface area contributed by atoms with Crippen LogP contribution in [-0.2, 0) is 0 Å². The van der Waals surface area contributed by atoms with Crippen molar-refractivity contribution in [2.45, 2.75) is 0 Å². The van der Waals surface area contributed by atoms with E-state index in [4.69, 9.17) is 45.0 Å². The van der Waals surface area contributed by atoms with Crippen LogP contribution in [0.3, 0.4) is 0 Å². The van der Waals surface area contributed by atoms with Gasteiger partial charge in [0, 0.05) is 41.7 Å². The number of carboxylic acid groups (broad SMARTS) is 6. The topological polar surface area (TPSA) is 173 Å². The molecule has 0 unspecified atom stereocenters. The van der Waals surface area contributed by atoms with Gasteiger partial charge in [0.2, 0.25) is 0 Å². The molecule has 10 heteroatoms. The van der Waals surface area contributed by atoms with E-state index in [0.717, 1.165) is 0 Å². The maximum atomic E-state index is 8.56. The van der Waals surface area contributed by atoms with Crippen molar-refractivity contribution in [2.75, 3.05) is 0 Å². The van der Waals surface area contributed by atoms with E-state index in [-0.39, 0.29) is 41.7 Å². The second-order valence-electron chi connectivity index (χ2n) is 0.848. The van der Waals surface area contributed by atoms with E-state index in [1.165, 1.54) is 0 Å². The van der Waals surface area contributed by atoms with E-state index in [9.17, 15) is 0 Å². The third kappa shape index (κ3) is 1430. The molecule has 0 aliphatic rings. The van der Waals surface area contributed by atoms with E-state index >= 15 is 0 Å². The molecule has 0 heterocycles. The van der Waals surface area contributed by atoms with Gasteiger partial charge in [-0.25, -0.2) is 14.4 Å². The predicted molar refractivity (Wildman–Crippen MR) is 32.0 cm³/mol. The zero-order chi connectivity index (χ0) is 10.7. The first-order valence-corrected chi connectivity index (χ1v) is 1.95. The van der Waals surface area contributed by atoms with Gasteiger partial charge in [-0.05, 0) is 0 Å². The molecule has 9 nitrogen and oxygen atoms in total. The van der Waals surface area contributed by atoms with Crippen molar-refractivity contribution in [3.8, 4) is 0 Å². The summed E-state index contributed by atoms with van der Waals surface area (Å²) in [5.74, 6) is 0. The summed E-state index contributed by atoms with van der Waals surface area (Å²) in [5.41, 5.74) is 0. The summed E-state index contributed by atoms with van der Waals surface area (Å²) in [7, 11) is 0. The molecule has 0 amide bonds. The van der Waals surface area contributed by atoms with Gasteiger partial charge in [-0.15, -0.1) is 0 Å². The van der Waals surface area contributed by atoms with Gasteiger partial charge in [0.1, 0.15) is 0 Å². The molecule has 0 aliphatic carbocycles. The molecule has 0 aromatic carbocycles. The molecule has 0 fully saturated rings. The molecule has 0 aliphatic heterocycles. The molecular weight excluding hydrogens is 320 g/mol. The second-order valence-corrected chi connectivity index (χ2v) is 0.848. The molecule has 6 N–H and O–H groups in total.